The van der Waals surface area contributed by atoms with Gasteiger partial charge in [0.2, 0.25) is 0 Å². The molecule has 0 aliphatic carbocycles. The van der Waals surface area contributed by atoms with E-state index < -0.39 is 18.4 Å². The first kappa shape index (κ1) is 22.5. The van der Waals surface area contributed by atoms with Crippen molar-refractivity contribution in [3.05, 3.63) is 29.8 Å². The van der Waals surface area contributed by atoms with Crippen LogP contribution in [0.5, 0.6) is 5.75 Å². The van der Waals surface area contributed by atoms with Crippen LogP contribution < -0.4 is 4.74 Å². The Morgan fingerprint density at radius 1 is 0.920 bits per heavy atom. The van der Waals surface area contributed by atoms with Crippen molar-refractivity contribution in [2.75, 3.05) is 4.62 Å². The van der Waals surface area contributed by atoms with Gasteiger partial charge in [-0.15, -0.1) is 0 Å². The minimum absolute atomic E-state index is 0.730. The van der Waals surface area contributed by atoms with Gasteiger partial charge < -0.3 is 0 Å². The monoisotopic (exact) mass is 453 g/mol. The van der Waals surface area contributed by atoms with Crippen molar-refractivity contribution in [3.8, 4) is 5.75 Å². The summed E-state index contributed by atoms with van der Waals surface area (Å²) >= 11 is -2.22. The first-order chi connectivity index (χ1) is 12.2. The Kier molecular flexibility index (Phi) is 12.3. The molecule has 0 fully saturated rings. The standard InChI is InChI=1S/C10H12NO.3C4H9.Sn/c1-3-11-8-9-6-4-5-7-10(9)12-2;3*1-3-4-2;/h3-7H,2,8H2,1H3;3*1,3-4H2,2H3;. The van der Waals surface area contributed by atoms with Crippen LogP contribution in [-0.2, 0) is 6.54 Å². The van der Waals surface area contributed by atoms with Gasteiger partial charge in [-0.2, -0.15) is 0 Å². The molecule has 3 heteroatoms. The number of rotatable bonds is 14. The molecule has 1 rings (SSSR count). The van der Waals surface area contributed by atoms with Gasteiger partial charge >= 0.3 is 161 Å². The fourth-order valence-electron chi connectivity index (χ4n) is 3.44. The van der Waals surface area contributed by atoms with Crippen molar-refractivity contribution >= 4 is 24.6 Å². The molecule has 142 valence electrons. The molecular formula is C22H39NOSn. The Morgan fingerprint density at radius 2 is 1.48 bits per heavy atom. The van der Waals surface area contributed by atoms with Crippen molar-refractivity contribution < 1.29 is 4.74 Å². The van der Waals surface area contributed by atoms with Gasteiger partial charge in [0.15, 0.2) is 0 Å². The maximum atomic E-state index is 6.51. The van der Waals surface area contributed by atoms with Crippen LogP contribution in [0.3, 0.4) is 0 Å². The van der Waals surface area contributed by atoms with Crippen LogP contribution in [-0.4, -0.2) is 29.2 Å². The molecule has 0 saturated heterocycles. The zero-order valence-corrected chi connectivity index (χ0v) is 19.9. The van der Waals surface area contributed by atoms with Crippen LogP contribution in [0.1, 0.15) is 71.8 Å². The normalized spacial score (nSPS) is 12.0. The molecule has 2 nitrogen and oxygen atoms in total. The number of benzene rings is 1. The SMILES string of the molecule is CC=NCc1ccccc1O[CH2][Sn]([CH2]CCC)([CH2]CCC)[CH2]CCC. The third-order valence-electron chi connectivity index (χ3n) is 5.13. The zero-order valence-electron chi connectivity index (χ0n) is 17.0. The fraction of sp³-hybridized carbons (Fsp3) is 0.682. The van der Waals surface area contributed by atoms with Crippen molar-refractivity contribution in [3.63, 3.8) is 0 Å². The Hall–Kier alpha value is -0.511. The predicted molar refractivity (Wildman–Crippen MR) is 115 cm³/mol. The van der Waals surface area contributed by atoms with E-state index in [9.17, 15) is 0 Å². The second-order valence-electron chi connectivity index (χ2n) is 7.31. The van der Waals surface area contributed by atoms with Crippen LogP contribution >= 0.6 is 0 Å². The third kappa shape index (κ3) is 8.61. The summed E-state index contributed by atoms with van der Waals surface area (Å²) in [5.74, 6) is 1.07. The van der Waals surface area contributed by atoms with Crippen LogP contribution in [0.15, 0.2) is 29.3 Å². The Bertz CT molecular complexity index is 465. The van der Waals surface area contributed by atoms with E-state index >= 15 is 0 Å². The average molecular weight is 452 g/mol. The number of nitrogens with zero attached hydrogens (tertiary/aromatic N) is 1. The molecule has 0 bridgehead atoms. The quantitative estimate of drug-likeness (QED) is 0.219. The van der Waals surface area contributed by atoms with Gasteiger partial charge in [-0.25, -0.2) is 0 Å². The summed E-state index contributed by atoms with van der Waals surface area (Å²) in [6.07, 6.45) is 10.0. The van der Waals surface area contributed by atoms with Crippen LogP contribution in [0.4, 0.5) is 0 Å². The number of hydrogen-bond donors (Lipinski definition) is 0. The summed E-state index contributed by atoms with van der Waals surface area (Å²) in [5.41, 5.74) is 1.22. The molecule has 0 radical (unpaired) electrons. The summed E-state index contributed by atoms with van der Waals surface area (Å²) in [7, 11) is 0. The molecule has 0 amide bonds. The molecule has 25 heavy (non-hydrogen) atoms. The molecule has 0 saturated carbocycles. The van der Waals surface area contributed by atoms with Crippen molar-refractivity contribution in [1.82, 2.24) is 0 Å². The summed E-state index contributed by atoms with van der Waals surface area (Å²) in [5, 5.41) is 0. The molecule has 0 unspecified atom stereocenters. The van der Waals surface area contributed by atoms with Gasteiger partial charge in [-0.1, -0.05) is 0 Å². The van der Waals surface area contributed by atoms with Crippen molar-refractivity contribution in [1.29, 1.82) is 0 Å². The predicted octanol–water partition coefficient (Wildman–Crippen LogP) is 7.04. The third-order valence-corrected chi connectivity index (χ3v) is 19.4. The number of hydrogen-bond acceptors (Lipinski definition) is 2. The van der Waals surface area contributed by atoms with Gasteiger partial charge in [-0.3, -0.25) is 0 Å². The summed E-state index contributed by atoms with van der Waals surface area (Å²) < 4.78 is 12.1. The topological polar surface area (TPSA) is 21.6 Å². The van der Waals surface area contributed by atoms with E-state index in [1.807, 2.05) is 13.1 Å². The summed E-state index contributed by atoms with van der Waals surface area (Å²) in [6.45, 7) is 9.69. The van der Waals surface area contributed by atoms with Gasteiger partial charge in [-0.05, 0) is 0 Å². The average Bonchev–Trinajstić information content (AvgIpc) is 2.66. The van der Waals surface area contributed by atoms with E-state index in [-0.39, 0.29) is 0 Å². The molecule has 0 aromatic heterocycles. The summed E-state index contributed by atoms with van der Waals surface area (Å²) in [4.78, 5) is 4.41. The van der Waals surface area contributed by atoms with E-state index in [1.165, 1.54) is 57.4 Å². The van der Waals surface area contributed by atoms with E-state index in [0.717, 1.165) is 16.9 Å². The zero-order chi connectivity index (χ0) is 18.4. The fourth-order valence-corrected chi connectivity index (χ4v) is 17.6. The molecule has 1 aromatic carbocycles. The molecule has 1 aromatic rings. The molecule has 0 spiro atoms. The molecule has 0 aliphatic heterocycles. The Labute approximate surface area is 160 Å². The second-order valence-corrected chi connectivity index (χ2v) is 21.0. The molecule has 0 N–H and O–H groups in total. The number of aliphatic imine (C=N–C) groups is 1. The molecule has 0 aliphatic rings. The molecular weight excluding hydrogens is 413 g/mol. The van der Waals surface area contributed by atoms with Crippen LogP contribution in [0, 0.1) is 0 Å². The van der Waals surface area contributed by atoms with Gasteiger partial charge in [0.05, 0.1) is 0 Å². The minimum atomic E-state index is -2.22. The van der Waals surface area contributed by atoms with E-state index in [0.29, 0.717) is 0 Å². The summed E-state index contributed by atoms with van der Waals surface area (Å²) in [6, 6.07) is 8.48. The van der Waals surface area contributed by atoms with Crippen molar-refractivity contribution in [2.24, 2.45) is 4.99 Å². The maximum absolute atomic E-state index is 6.51. The number of para-hydroxylation sites is 1. The van der Waals surface area contributed by atoms with Gasteiger partial charge in [0, 0.05) is 0 Å². The van der Waals surface area contributed by atoms with E-state index in [4.69, 9.17) is 4.74 Å². The Balaban J connectivity index is 2.88. The van der Waals surface area contributed by atoms with Gasteiger partial charge in [0.25, 0.3) is 0 Å². The number of ether oxygens (including phenoxy) is 1. The molecule has 0 atom stereocenters. The Morgan fingerprint density at radius 3 is 2.00 bits per heavy atom. The first-order valence-electron chi connectivity index (χ1n) is 10.4. The van der Waals surface area contributed by atoms with Gasteiger partial charge in [0.1, 0.15) is 0 Å². The van der Waals surface area contributed by atoms with Crippen molar-refractivity contribution in [2.45, 2.75) is 86.1 Å². The van der Waals surface area contributed by atoms with Crippen LogP contribution in [0.2, 0.25) is 13.3 Å². The van der Waals surface area contributed by atoms with E-state index in [1.54, 1.807) is 0 Å². The first-order valence-corrected chi connectivity index (χ1v) is 18.4. The second kappa shape index (κ2) is 13.7. The van der Waals surface area contributed by atoms with Crippen LogP contribution in [0.25, 0.3) is 0 Å². The van der Waals surface area contributed by atoms with E-state index in [2.05, 4.69) is 50.0 Å². The molecule has 0 heterocycles. The number of unbranched alkanes of at least 4 members (excludes halogenated alkanes) is 3.